The second-order valence-corrected chi connectivity index (χ2v) is 7.32. The molecule has 1 aliphatic rings. The average molecular weight is 379 g/mol. The minimum absolute atomic E-state index is 0.133. The van der Waals surface area contributed by atoms with Crippen molar-refractivity contribution in [2.75, 3.05) is 14.2 Å². The van der Waals surface area contributed by atoms with Crippen LogP contribution in [0.25, 0.3) is 11.0 Å². The maximum atomic E-state index is 12.7. The normalized spacial score (nSPS) is 15.9. The number of rotatable bonds is 5. The molecule has 1 aliphatic heterocycles. The predicted octanol–water partition coefficient (Wildman–Crippen LogP) is 3.57. The number of aryl methyl sites for hydroxylation is 1. The van der Waals surface area contributed by atoms with Gasteiger partial charge in [-0.15, -0.1) is 0 Å². The molecule has 6 nitrogen and oxygen atoms in total. The van der Waals surface area contributed by atoms with Crippen molar-refractivity contribution >= 4 is 16.9 Å². The van der Waals surface area contributed by atoms with E-state index in [1.165, 1.54) is 6.42 Å². The second-order valence-electron chi connectivity index (χ2n) is 7.32. The molecule has 1 amide bonds. The molecular formula is C22H25N3O3. The molecule has 0 radical (unpaired) electrons. The molecule has 0 saturated carbocycles. The molecule has 0 saturated heterocycles. The summed E-state index contributed by atoms with van der Waals surface area (Å²) in [7, 11) is 3.19. The summed E-state index contributed by atoms with van der Waals surface area (Å²) >= 11 is 0. The van der Waals surface area contributed by atoms with E-state index >= 15 is 0 Å². The molecule has 4 rings (SSSR count). The third kappa shape index (κ3) is 3.30. The van der Waals surface area contributed by atoms with Crippen molar-refractivity contribution in [1.29, 1.82) is 0 Å². The van der Waals surface area contributed by atoms with Gasteiger partial charge in [0.1, 0.15) is 5.82 Å². The Morgan fingerprint density at radius 2 is 2.11 bits per heavy atom. The summed E-state index contributed by atoms with van der Waals surface area (Å²) in [5, 5.41) is 2.97. The van der Waals surface area contributed by atoms with Gasteiger partial charge in [0.15, 0.2) is 11.5 Å². The molecule has 2 aromatic carbocycles. The molecule has 2 heterocycles. The second kappa shape index (κ2) is 7.54. The lowest BCUT2D eigenvalue weighted by Gasteiger charge is -2.20. The number of nitrogens with one attached hydrogen (secondary N) is 1. The highest BCUT2D eigenvalue weighted by molar-refractivity contribution is 5.97. The van der Waals surface area contributed by atoms with Crippen LogP contribution in [0.15, 0.2) is 36.4 Å². The Balaban J connectivity index is 1.53. The van der Waals surface area contributed by atoms with Gasteiger partial charge >= 0.3 is 0 Å². The highest BCUT2D eigenvalue weighted by Gasteiger charge is 2.20. The smallest absolute Gasteiger partial charge is 0.251 e. The zero-order valence-electron chi connectivity index (χ0n) is 16.5. The minimum Gasteiger partial charge on any atom is -0.493 e. The Labute approximate surface area is 164 Å². The van der Waals surface area contributed by atoms with Crippen LogP contribution >= 0.6 is 0 Å². The first-order valence-electron chi connectivity index (χ1n) is 9.58. The zero-order chi connectivity index (χ0) is 19.7. The van der Waals surface area contributed by atoms with Crippen molar-refractivity contribution in [2.45, 2.75) is 32.9 Å². The number of para-hydroxylation sites is 1. The maximum Gasteiger partial charge on any atom is 0.251 e. The van der Waals surface area contributed by atoms with Crippen LogP contribution in [-0.4, -0.2) is 29.7 Å². The highest BCUT2D eigenvalue weighted by Crippen LogP contribution is 2.30. The first-order chi connectivity index (χ1) is 13.6. The molecule has 1 aromatic heterocycles. The molecule has 6 heteroatoms. The van der Waals surface area contributed by atoms with Crippen molar-refractivity contribution in [2.24, 2.45) is 5.92 Å². The minimum atomic E-state index is -0.133. The lowest BCUT2D eigenvalue weighted by atomic mass is 10.0. The first kappa shape index (κ1) is 18.3. The Kier molecular flexibility index (Phi) is 4.94. The van der Waals surface area contributed by atoms with Crippen LogP contribution in [0.1, 0.15) is 35.1 Å². The van der Waals surface area contributed by atoms with E-state index in [0.717, 1.165) is 35.4 Å². The molecule has 1 atom stereocenters. The molecular weight excluding hydrogens is 354 g/mol. The zero-order valence-corrected chi connectivity index (χ0v) is 16.5. The van der Waals surface area contributed by atoms with Gasteiger partial charge in [-0.05, 0) is 36.6 Å². The number of carbonyl (C=O) groups excluding carboxylic acids is 1. The standard InChI is InChI=1S/C22H25N3O3/c1-14-9-10-25-18-8-7-15(12-17(18)24-20(25)11-14)22(26)23-13-16-5-4-6-19(27-2)21(16)28-3/h4-8,12,14H,9-11,13H2,1-3H3,(H,23,26)/t14-/m1/s1. The van der Waals surface area contributed by atoms with E-state index in [4.69, 9.17) is 14.5 Å². The quantitative estimate of drug-likeness (QED) is 0.736. The van der Waals surface area contributed by atoms with E-state index in [-0.39, 0.29) is 5.91 Å². The van der Waals surface area contributed by atoms with Gasteiger partial charge in [0.25, 0.3) is 5.91 Å². The monoisotopic (exact) mass is 379 g/mol. The van der Waals surface area contributed by atoms with Crippen LogP contribution < -0.4 is 14.8 Å². The number of aromatic nitrogens is 2. The largest absolute Gasteiger partial charge is 0.493 e. The molecule has 0 unspecified atom stereocenters. The number of benzene rings is 2. The number of hydrogen-bond donors (Lipinski definition) is 1. The Morgan fingerprint density at radius 1 is 1.25 bits per heavy atom. The fraction of sp³-hybridized carbons (Fsp3) is 0.364. The number of imidazole rings is 1. The Hall–Kier alpha value is -3.02. The highest BCUT2D eigenvalue weighted by atomic mass is 16.5. The molecule has 0 bridgehead atoms. The molecule has 146 valence electrons. The van der Waals surface area contributed by atoms with Crippen LogP contribution in [0, 0.1) is 5.92 Å². The molecule has 3 aromatic rings. The van der Waals surface area contributed by atoms with E-state index in [1.807, 2.05) is 36.4 Å². The van der Waals surface area contributed by atoms with Gasteiger partial charge in [0.05, 0.1) is 25.3 Å². The summed E-state index contributed by atoms with van der Waals surface area (Å²) in [5.41, 5.74) is 3.46. The van der Waals surface area contributed by atoms with Crippen molar-refractivity contribution in [3.05, 3.63) is 53.3 Å². The number of nitrogens with zero attached hydrogens (tertiary/aromatic N) is 2. The van der Waals surface area contributed by atoms with Crippen molar-refractivity contribution in [1.82, 2.24) is 14.9 Å². The number of carbonyl (C=O) groups is 1. The van der Waals surface area contributed by atoms with Gasteiger partial charge < -0.3 is 19.4 Å². The lowest BCUT2D eigenvalue weighted by Crippen LogP contribution is -2.23. The Morgan fingerprint density at radius 3 is 2.89 bits per heavy atom. The van der Waals surface area contributed by atoms with Gasteiger partial charge in [-0.1, -0.05) is 19.1 Å². The summed E-state index contributed by atoms with van der Waals surface area (Å²) in [5.74, 6) is 2.92. The van der Waals surface area contributed by atoms with E-state index < -0.39 is 0 Å². The number of hydrogen-bond acceptors (Lipinski definition) is 4. The van der Waals surface area contributed by atoms with E-state index in [1.54, 1.807) is 14.2 Å². The summed E-state index contributed by atoms with van der Waals surface area (Å²) in [6, 6.07) is 11.4. The van der Waals surface area contributed by atoms with Crippen LogP contribution in [0.3, 0.4) is 0 Å². The Bertz CT molecular complexity index is 1030. The predicted molar refractivity (Wildman–Crippen MR) is 108 cm³/mol. The fourth-order valence-corrected chi connectivity index (χ4v) is 3.86. The molecule has 0 aliphatic carbocycles. The SMILES string of the molecule is COc1cccc(CNC(=O)c2ccc3c(c2)nc2n3CC[C@@H](C)C2)c1OC. The van der Waals surface area contributed by atoms with Crippen LogP contribution in [-0.2, 0) is 19.5 Å². The van der Waals surface area contributed by atoms with Gasteiger partial charge in [0.2, 0.25) is 0 Å². The van der Waals surface area contributed by atoms with Crippen molar-refractivity contribution in [3.63, 3.8) is 0 Å². The fourth-order valence-electron chi connectivity index (χ4n) is 3.86. The number of amides is 1. The maximum absolute atomic E-state index is 12.7. The molecule has 0 fully saturated rings. The number of ether oxygens (including phenoxy) is 2. The van der Waals surface area contributed by atoms with Crippen LogP contribution in [0.4, 0.5) is 0 Å². The summed E-state index contributed by atoms with van der Waals surface area (Å²) in [4.78, 5) is 17.5. The molecule has 28 heavy (non-hydrogen) atoms. The third-order valence-corrected chi connectivity index (χ3v) is 5.39. The topological polar surface area (TPSA) is 65.4 Å². The summed E-state index contributed by atoms with van der Waals surface area (Å²) in [6.07, 6.45) is 2.16. The van der Waals surface area contributed by atoms with E-state index in [2.05, 4.69) is 16.8 Å². The molecule has 0 spiro atoms. The summed E-state index contributed by atoms with van der Waals surface area (Å²) < 4.78 is 13.0. The average Bonchev–Trinajstić information content (AvgIpc) is 3.07. The number of methoxy groups -OCH3 is 2. The van der Waals surface area contributed by atoms with Gasteiger partial charge in [-0.2, -0.15) is 0 Å². The van der Waals surface area contributed by atoms with Crippen LogP contribution in [0.5, 0.6) is 11.5 Å². The van der Waals surface area contributed by atoms with Crippen molar-refractivity contribution in [3.8, 4) is 11.5 Å². The van der Waals surface area contributed by atoms with E-state index in [9.17, 15) is 4.79 Å². The summed E-state index contributed by atoms with van der Waals surface area (Å²) in [6.45, 7) is 3.61. The van der Waals surface area contributed by atoms with Gasteiger partial charge in [-0.25, -0.2) is 4.98 Å². The first-order valence-corrected chi connectivity index (χ1v) is 9.58. The van der Waals surface area contributed by atoms with E-state index in [0.29, 0.717) is 29.5 Å². The van der Waals surface area contributed by atoms with Gasteiger partial charge in [-0.3, -0.25) is 4.79 Å². The molecule has 1 N–H and O–H groups in total. The number of fused-ring (bicyclic) bond motifs is 3. The van der Waals surface area contributed by atoms with Gasteiger partial charge in [0, 0.05) is 30.6 Å². The van der Waals surface area contributed by atoms with Crippen molar-refractivity contribution < 1.29 is 14.3 Å². The lowest BCUT2D eigenvalue weighted by molar-refractivity contribution is 0.0950. The third-order valence-electron chi connectivity index (χ3n) is 5.39. The van der Waals surface area contributed by atoms with Crippen LogP contribution in [0.2, 0.25) is 0 Å².